The number of nitrogens with zero attached hydrogens (tertiary/aromatic N) is 2. The fraction of sp³-hybridized carbons (Fsp3) is 0.630. The summed E-state index contributed by atoms with van der Waals surface area (Å²) in [6, 6.07) is 0. The zero-order valence-electron chi connectivity index (χ0n) is 22.6. The molecule has 20 heteroatoms. The number of nitrogens with one attached hydrogen (secondary N) is 4. The molecule has 0 unspecified atom stereocenters. The van der Waals surface area contributed by atoms with Gasteiger partial charge in [-0.15, -0.1) is 0 Å². The second-order valence-corrected chi connectivity index (χ2v) is 11.2. The van der Waals surface area contributed by atoms with E-state index in [9.17, 15) is 28.8 Å². The summed E-state index contributed by atoms with van der Waals surface area (Å²) in [5, 5.41) is 12.2. The summed E-state index contributed by atoms with van der Waals surface area (Å²) in [5.41, 5.74) is 10.2. The van der Waals surface area contributed by atoms with Gasteiger partial charge in [0, 0.05) is 97.6 Å². The van der Waals surface area contributed by atoms with E-state index in [-0.39, 0.29) is 113 Å². The van der Waals surface area contributed by atoms with Gasteiger partial charge in [0.1, 0.15) is 6.73 Å². The minimum atomic E-state index is -0.384. The summed E-state index contributed by atoms with van der Waals surface area (Å²) in [4.78, 5) is 78.7. The Kier molecular flexibility index (Phi) is 58.5. The first-order valence-electron chi connectivity index (χ1n) is 11.7. The van der Waals surface area contributed by atoms with Gasteiger partial charge in [0.15, 0.2) is 0 Å². The minimum absolute atomic E-state index is 0. The molecule has 0 fully saturated rings. The third-order valence-corrected chi connectivity index (χ3v) is 7.05. The molecule has 2 aliphatic heterocycles. The van der Waals surface area contributed by atoms with Crippen LogP contribution in [-0.4, -0.2) is 111 Å². The van der Waals surface area contributed by atoms with E-state index in [1.54, 1.807) is 0 Å². The molecule has 2 heterocycles. The first kappa shape index (κ1) is 63.2. The average molecular weight is 752 g/mol. The molecule has 7 N–H and O–H groups in total. The lowest BCUT2D eigenvalue weighted by Crippen LogP contribution is -2.37. The van der Waals surface area contributed by atoms with Gasteiger partial charge in [0.25, 0.3) is 23.6 Å². The van der Waals surface area contributed by atoms with Crippen LogP contribution in [0.25, 0.3) is 0 Å². The Labute approximate surface area is 295 Å². The quantitative estimate of drug-likeness (QED) is 0.0434. The van der Waals surface area contributed by atoms with Crippen LogP contribution in [0.2, 0.25) is 0 Å². The van der Waals surface area contributed by atoms with Crippen LogP contribution in [0, 0.1) is 0 Å². The molecule has 47 heavy (non-hydrogen) atoms. The first-order valence-corrected chi connectivity index (χ1v) is 16.2. The molecule has 0 aromatic heterocycles. The number of hydrogen-bond acceptors (Lipinski definition) is 14. The molecule has 0 bridgehead atoms. The molecular weight excluding hydrogens is 692 g/mol. The van der Waals surface area contributed by atoms with Crippen molar-refractivity contribution in [2.75, 3.05) is 60.2 Å². The van der Waals surface area contributed by atoms with E-state index in [0.717, 1.165) is 31.0 Å². The van der Waals surface area contributed by atoms with Gasteiger partial charge in [0.2, 0.25) is 11.8 Å². The van der Waals surface area contributed by atoms with Crippen molar-refractivity contribution in [1.29, 1.82) is 0 Å². The average Bonchev–Trinajstić information content (AvgIpc) is 3.48. The summed E-state index contributed by atoms with van der Waals surface area (Å²) in [6.07, 6.45) is 4.96. The zero-order chi connectivity index (χ0) is 31.5. The monoisotopic (exact) mass is 751 g/mol. The highest BCUT2D eigenvalue weighted by molar-refractivity contribution is 8.40. The number of aliphatic hydroxyl groups is 1. The molecule has 16 nitrogen and oxygen atoms in total. The standard InChI is InChI=1S/C10H16N4O4.C10H15N3O4.CH4O.6CH4.P2S2/c11-7-18-13-5-4-12-8(15)3-6-14-9(16)1-2-10(14)17;1-17-12-6-5-11-8(14)4-7-13-9(15)2-3-10(13)16;1-2;;;;;;;3-1-2-4/h1-2,13H,3-7,11H2,(H,12,15);2-3,12H,4-7H2,1H3,(H,11,14);2H,1H3;6*1H4;. The molecule has 278 valence electrons. The van der Waals surface area contributed by atoms with E-state index >= 15 is 0 Å². The summed E-state index contributed by atoms with van der Waals surface area (Å²) in [5.74, 6) is -1.96. The Morgan fingerprint density at radius 2 is 1.02 bits per heavy atom. The summed E-state index contributed by atoms with van der Waals surface area (Å²) in [7, 11) is 4.22. The van der Waals surface area contributed by atoms with Crippen molar-refractivity contribution in [2.24, 2.45) is 5.73 Å². The third kappa shape index (κ3) is 33.2. The van der Waals surface area contributed by atoms with Gasteiger partial charge in [-0.1, -0.05) is 44.6 Å². The summed E-state index contributed by atoms with van der Waals surface area (Å²) in [6.45, 7) is 1.96. The van der Waals surface area contributed by atoms with Crippen LogP contribution in [0.15, 0.2) is 24.3 Å². The number of amides is 6. The topological polar surface area (TPSA) is 222 Å². The molecule has 0 radical (unpaired) electrons. The second kappa shape index (κ2) is 43.5. The van der Waals surface area contributed by atoms with Crippen molar-refractivity contribution in [3.63, 3.8) is 0 Å². The van der Waals surface area contributed by atoms with Crippen LogP contribution in [0.5, 0.6) is 0 Å². The molecule has 0 aliphatic carbocycles. The highest BCUT2D eigenvalue weighted by Crippen LogP contribution is 2.10. The first-order chi connectivity index (χ1) is 19.7. The Morgan fingerprint density at radius 1 is 0.702 bits per heavy atom. The number of rotatable bonds is 16. The van der Waals surface area contributed by atoms with Crippen molar-refractivity contribution < 1.29 is 43.5 Å². The lowest BCUT2D eigenvalue weighted by molar-refractivity contribution is -0.139. The lowest BCUT2D eigenvalue weighted by Gasteiger charge is -2.13. The van der Waals surface area contributed by atoms with Crippen molar-refractivity contribution in [3.05, 3.63) is 24.3 Å². The Bertz CT molecular complexity index is 906. The van der Waals surface area contributed by atoms with Crippen molar-refractivity contribution in [1.82, 2.24) is 31.4 Å². The van der Waals surface area contributed by atoms with Crippen LogP contribution in [0.3, 0.4) is 0 Å². The Morgan fingerprint density at radius 3 is 1.30 bits per heavy atom. The molecular formula is C27H59N7O9P2S2. The van der Waals surface area contributed by atoms with Gasteiger partial charge in [-0.2, -0.15) is 5.48 Å². The van der Waals surface area contributed by atoms with E-state index in [1.165, 1.54) is 31.4 Å². The third-order valence-electron chi connectivity index (χ3n) is 4.39. The molecule has 0 aromatic carbocycles. The van der Waals surface area contributed by atoms with Crippen molar-refractivity contribution in [3.8, 4) is 0 Å². The van der Waals surface area contributed by atoms with Gasteiger partial charge in [-0.25, -0.2) is 5.48 Å². The van der Waals surface area contributed by atoms with Crippen LogP contribution in [-0.2, 0) is 62.1 Å². The molecule has 0 saturated carbocycles. The molecule has 6 amide bonds. The number of aliphatic hydroxyl groups excluding tert-OH is 1. The van der Waals surface area contributed by atoms with Crippen LogP contribution < -0.4 is 27.3 Å². The van der Waals surface area contributed by atoms with Crippen LogP contribution in [0.1, 0.15) is 57.4 Å². The number of carbonyl (C=O) groups is 6. The predicted molar refractivity (Wildman–Crippen MR) is 197 cm³/mol. The molecule has 2 aliphatic rings. The van der Waals surface area contributed by atoms with E-state index in [1.807, 2.05) is 0 Å². The summed E-state index contributed by atoms with van der Waals surface area (Å²) >= 11 is 8.82. The van der Waals surface area contributed by atoms with Gasteiger partial charge in [-0.05, 0) is 23.6 Å². The molecule has 0 atom stereocenters. The number of hydrogen-bond donors (Lipinski definition) is 6. The number of hydroxylamine groups is 2. The SMILES string of the molecule is C.C.C.C.C.C.CO.CONCCNC(=O)CCN1C(=O)C=CC1=O.NCONCCNC(=O)CCN1C(=O)C=CC1=O.S=PP=S. The lowest BCUT2D eigenvalue weighted by atomic mass is 10.3. The van der Waals surface area contributed by atoms with Gasteiger partial charge >= 0.3 is 0 Å². The Balaban J connectivity index is -0.0000000832. The molecule has 0 aromatic rings. The number of imide groups is 2. The fourth-order valence-corrected chi connectivity index (χ4v) is 2.65. The van der Waals surface area contributed by atoms with Gasteiger partial charge in [0.05, 0.1) is 7.11 Å². The summed E-state index contributed by atoms with van der Waals surface area (Å²) < 4.78 is 0. The van der Waals surface area contributed by atoms with Gasteiger partial charge < -0.3 is 26.3 Å². The van der Waals surface area contributed by atoms with E-state index in [0.29, 0.717) is 26.2 Å². The smallest absolute Gasteiger partial charge is 0.253 e. The zero-order valence-corrected chi connectivity index (χ0v) is 26.0. The maximum absolute atomic E-state index is 11.4. The van der Waals surface area contributed by atoms with E-state index < -0.39 is 0 Å². The normalized spacial score (nSPS) is 11.7. The van der Waals surface area contributed by atoms with Gasteiger partial charge in [-0.3, -0.25) is 43.4 Å². The maximum atomic E-state index is 11.4. The van der Waals surface area contributed by atoms with Crippen LogP contribution >= 0.6 is 14.1 Å². The van der Waals surface area contributed by atoms with Crippen molar-refractivity contribution in [2.45, 2.75) is 57.4 Å². The maximum Gasteiger partial charge on any atom is 0.253 e. The number of carbonyl (C=O) groups excluding carboxylic acids is 6. The van der Waals surface area contributed by atoms with E-state index in [2.05, 4.69) is 54.9 Å². The fourth-order valence-electron chi connectivity index (χ4n) is 2.65. The molecule has 0 spiro atoms. The highest BCUT2D eigenvalue weighted by atomic mass is 32.7. The largest absolute Gasteiger partial charge is 0.400 e. The predicted octanol–water partition coefficient (Wildman–Crippen LogP) is 1.57. The van der Waals surface area contributed by atoms with E-state index in [4.69, 9.17) is 10.8 Å². The number of nitrogens with two attached hydrogens (primary N) is 1. The molecule has 2 rings (SSSR count). The van der Waals surface area contributed by atoms with Crippen molar-refractivity contribution >= 4 is 73.1 Å². The van der Waals surface area contributed by atoms with Crippen LogP contribution in [0.4, 0.5) is 0 Å². The highest BCUT2D eigenvalue weighted by Gasteiger charge is 2.24. The second-order valence-electron chi connectivity index (χ2n) is 6.99. The Hall–Kier alpha value is -2.50. The minimum Gasteiger partial charge on any atom is -0.400 e. The molecule has 0 saturated heterocycles.